The van der Waals surface area contributed by atoms with Crippen LogP contribution < -0.4 is 0 Å². The average molecular weight is 201 g/mol. The molecule has 1 heterocycles. The molecule has 6 heteroatoms. The Morgan fingerprint density at radius 1 is 1.77 bits per heavy atom. The van der Waals surface area contributed by atoms with Crippen LogP contribution in [-0.4, -0.2) is 19.6 Å². The average Bonchev–Trinajstić information content (AvgIpc) is 2.43. The van der Waals surface area contributed by atoms with E-state index < -0.39 is 4.92 Å². The van der Waals surface area contributed by atoms with E-state index in [0.29, 0.717) is 5.82 Å². The van der Waals surface area contributed by atoms with Crippen molar-refractivity contribution in [3.63, 3.8) is 0 Å². The first-order valence-corrected chi connectivity index (χ1v) is 4.93. The lowest BCUT2D eigenvalue weighted by Gasteiger charge is -1.98. The van der Waals surface area contributed by atoms with Crippen molar-refractivity contribution in [2.45, 2.75) is 20.3 Å². The van der Waals surface area contributed by atoms with Crippen LogP contribution in [0.4, 0.5) is 5.82 Å². The molecule has 0 aromatic carbocycles. The van der Waals surface area contributed by atoms with Crippen molar-refractivity contribution in [2.75, 3.05) is 5.75 Å². The predicted molar refractivity (Wildman–Crippen MR) is 51.8 cm³/mol. The van der Waals surface area contributed by atoms with E-state index in [1.807, 2.05) is 6.92 Å². The second kappa shape index (κ2) is 4.27. The summed E-state index contributed by atoms with van der Waals surface area (Å²) in [5.74, 6) is 1.58. The maximum Gasteiger partial charge on any atom is 0.354 e. The van der Waals surface area contributed by atoms with Gasteiger partial charge in [-0.2, -0.15) is 0 Å². The quantitative estimate of drug-likeness (QED) is 0.552. The van der Waals surface area contributed by atoms with Crippen LogP contribution in [0.15, 0.2) is 6.20 Å². The second-order valence-corrected chi connectivity index (χ2v) is 3.58. The van der Waals surface area contributed by atoms with Crippen molar-refractivity contribution in [3.8, 4) is 0 Å². The summed E-state index contributed by atoms with van der Waals surface area (Å²) in [6.45, 7) is 3.79. The fraction of sp³-hybridized carbons (Fsp3) is 0.571. The van der Waals surface area contributed by atoms with Crippen molar-refractivity contribution >= 4 is 17.8 Å². The molecule has 0 aliphatic carbocycles. The van der Waals surface area contributed by atoms with Crippen LogP contribution in [0.25, 0.3) is 0 Å². The third kappa shape index (κ3) is 2.21. The van der Waals surface area contributed by atoms with Gasteiger partial charge in [-0.05, 0) is 11.3 Å². The second-order valence-electron chi connectivity index (χ2n) is 2.55. The molecule has 0 saturated carbocycles. The number of hydrogen-bond acceptors (Lipinski definition) is 4. The van der Waals surface area contributed by atoms with Crippen LogP contribution in [0.3, 0.4) is 0 Å². The van der Waals surface area contributed by atoms with Gasteiger partial charge in [0.05, 0.1) is 11.9 Å². The molecule has 0 bridgehead atoms. The molecule has 0 unspecified atom stereocenters. The molecule has 0 radical (unpaired) electrons. The van der Waals surface area contributed by atoms with Crippen molar-refractivity contribution in [1.29, 1.82) is 0 Å². The molecule has 5 nitrogen and oxygen atoms in total. The Bertz CT molecular complexity index is 311. The molecular formula is C7H11N3O2S. The molecule has 13 heavy (non-hydrogen) atoms. The highest BCUT2D eigenvalue weighted by atomic mass is 32.2. The van der Waals surface area contributed by atoms with Crippen LogP contribution in [-0.2, 0) is 0 Å². The van der Waals surface area contributed by atoms with Gasteiger partial charge in [-0.25, -0.2) is 4.98 Å². The summed E-state index contributed by atoms with van der Waals surface area (Å²) in [4.78, 5) is 14.0. The van der Waals surface area contributed by atoms with Crippen molar-refractivity contribution in [1.82, 2.24) is 8.96 Å². The van der Waals surface area contributed by atoms with E-state index in [4.69, 9.17) is 0 Å². The maximum absolute atomic E-state index is 10.5. The third-order valence-electron chi connectivity index (χ3n) is 1.48. The molecule has 0 saturated heterocycles. The van der Waals surface area contributed by atoms with Crippen LogP contribution in [0.5, 0.6) is 0 Å². The topological polar surface area (TPSA) is 61.0 Å². The Hall–Kier alpha value is -1.04. The normalized spacial score (nSPS) is 10.3. The lowest BCUT2D eigenvalue weighted by atomic mass is 10.6. The van der Waals surface area contributed by atoms with Crippen LogP contribution >= 0.6 is 11.9 Å². The fourth-order valence-electron chi connectivity index (χ4n) is 0.885. The van der Waals surface area contributed by atoms with E-state index in [1.165, 1.54) is 18.1 Å². The predicted octanol–water partition coefficient (Wildman–Crippen LogP) is 2.01. The number of rotatable bonds is 4. The molecule has 0 atom stereocenters. The van der Waals surface area contributed by atoms with Gasteiger partial charge in [0.25, 0.3) is 0 Å². The van der Waals surface area contributed by atoms with Crippen LogP contribution in [0.1, 0.15) is 19.2 Å². The van der Waals surface area contributed by atoms with Gasteiger partial charge >= 0.3 is 5.82 Å². The summed E-state index contributed by atoms with van der Waals surface area (Å²) in [6, 6.07) is 0. The first kappa shape index (κ1) is 10.0. The SMILES string of the molecule is CCCSn1c([N+](=O)[O-])cnc1C. The molecule has 1 aromatic heterocycles. The Morgan fingerprint density at radius 2 is 2.46 bits per heavy atom. The minimum Gasteiger partial charge on any atom is -0.358 e. The molecular weight excluding hydrogens is 190 g/mol. The first-order chi connectivity index (χ1) is 6.16. The van der Waals surface area contributed by atoms with Crippen molar-refractivity contribution < 1.29 is 4.92 Å². The Kier molecular flexibility index (Phi) is 3.30. The molecule has 0 N–H and O–H groups in total. The number of nitrogens with zero attached hydrogens (tertiary/aromatic N) is 3. The molecule has 0 spiro atoms. The zero-order chi connectivity index (χ0) is 9.84. The van der Waals surface area contributed by atoms with E-state index in [2.05, 4.69) is 4.98 Å². The maximum atomic E-state index is 10.5. The third-order valence-corrected chi connectivity index (χ3v) is 2.78. The number of nitro groups is 1. The van der Waals surface area contributed by atoms with Crippen LogP contribution in [0, 0.1) is 17.0 Å². The zero-order valence-corrected chi connectivity index (χ0v) is 8.37. The molecule has 0 aliphatic heterocycles. The van der Waals surface area contributed by atoms with E-state index in [0.717, 1.165) is 12.2 Å². The molecule has 1 aromatic rings. The van der Waals surface area contributed by atoms with Gasteiger partial charge in [-0.1, -0.05) is 6.92 Å². The molecule has 0 amide bonds. The summed E-state index contributed by atoms with van der Waals surface area (Å²) in [7, 11) is 0. The standard InChI is InChI=1S/C7H11N3O2S/c1-3-4-13-9-6(2)8-5-7(9)10(11)12/h5H,3-4H2,1-2H3. The molecule has 72 valence electrons. The summed E-state index contributed by atoms with van der Waals surface area (Å²) < 4.78 is 1.56. The number of hydrogen-bond donors (Lipinski definition) is 0. The molecule has 0 fully saturated rings. The lowest BCUT2D eigenvalue weighted by Crippen LogP contribution is -1.98. The lowest BCUT2D eigenvalue weighted by molar-refractivity contribution is -0.390. The van der Waals surface area contributed by atoms with Gasteiger partial charge < -0.3 is 10.1 Å². The minimum atomic E-state index is -0.414. The zero-order valence-electron chi connectivity index (χ0n) is 7.56. The van der Waals surface area contributed by atoms with Gasteiger partial charge in [0.2, 0.25) is 5.82 Å². The van der Waals surface area contributed by atoms with Crippen LogP contribution in [0.2, 0.25) is 0 Å². The number of imidazole rings is 1. The minimum absolute atomic E-state index is 0.0518. The Morgan fingerprint density at radius 3 is 3.00 bits per heavy atom. The highest BCUT2D eigenvalue weighted by molar-refractivity contribution is 7.97. The largest absolute Gasteiger partial charge is 0.358 e. The molecule has 0 aliphatic rings. The van der Waals surface area contributed by atoms with Gasteiger partial charge in [0, 0.05) is 12.7 Å². The van der Waals surface area contributed by atoms with Gasteiger partial charge in [0.1, 0.15) is 6.20 Å². The van der Waals surface area contributed by atoms with Gasteiger partial charge in [0.15, 0.2) is 0 Å². The monoisotopic (exact) mass is 201 g/mol. The summed E-state index contributed by atoms with van der Waals surface area (Å²) in [6.07, 6.45) is 2.28. The number of aromatic nitrogens is 2. The van der Waals surface area contributed by atoms with E-state index in [-0.39, 0.29) is 5.82 Å². The molecule has 1 rings (SSSR count). The van der Waals surface area contributed by atoms with E-state index >= 15 is 0 Å². The smallest absolute Gasteiger partial charge is 0.354 e. The van der Waals surface area contributed by atoms with E-state index in [9.17, 15) is 10.1 Å². The van der Waals surface area contributed by atoms with Crippen molar-refractivity contribution in [2.24, 2.45) is 0 Å². The highest BCUT2D eigenvalue weighted by Crippen LogP contribution is 2.21. The van der Waals surface area contributed by atoms with Crippen molar-refractivity contribution in [3.05, 3.63) is 22.1 Å². The van der Waals surface area contributed by atoms with Gasteiger partial charge in [-0.15, -0.1) is 3.97 Å². The summed E-state index contributed by atoms with van der Waals surface area (Å²) in [5.41, 5.74) is 0. The summed E-state index contributed by atoms with van der Waals surface area (Å²) in [5, 5.41) is 10.5. The Labute approximate surface area is 80.4 Å². The Balaban J connectivity index is 2.88. The van der Waals surface area contributed by atoms with E-state index in [1.54, 1.807) is 10.9 Å². The fourth-order valence-corrected chi connectivity index (χ4v) is 1.73. The summed E-state index contributed by atoms with van der Waals surface area (Å²) >= 11 is 1.42. The number of aryl methyl sites for hydroxylation is 1. The van der Waals surface area contributed by atoms with Gasteiger partial charge in [-0.3, -0.25) is 0 Å². The first-order valence-electron chi connectivity index (χ1n) is 3.98. The highest BCUT2D eigenvalue weighted by Gasteiger charge is 2.17.